The molecule has 0 spiro atoms. The summed E-state index contributed by atoms with van der Waals surface area (Å²) in [5.74, 6) is 1.42. The highest BCUT2D eigenvalue weighted by atomic mass is 16.3. The molecular formula is C23H31N3O2. The van der Waals surface area contributed by atoms with Crippen molar-refractivity contribution >= 4 is 16.9 Å². The Balaban J connectivity index is 1.46. The Labute approximate surface area is 167 Å². The second kappa shape index (κ2) is 10.7. The van der Waals surface area contributed by atoms with E-state index in [1.54, 1.807) is 12.1 Å². The number of hydrogen-bond acceptors (Lipinski definition) is 3. The van der Waals surface area contributed by atoms with E-state index in [2.05, 4.69) is 41.1 Å². The number of aromatic nitrogens is 2. The van der Waals surface area contributed by atoms with Crippen LogP contribution in [0.5, 0.6) is 0 Å². The molecule has 0 unspecified atom stereocenters. The summed E-state index contributed by atoms with van der Waals surface area (Å²) in [5.41, 5.74) is 2.35. The third kappa shape index (κ3) is 5.47. The van der Waals surface area contributed by atoms with Gasteiger partial charge in [0.05, 0.1) is 17.3 Å². The van der Waals surface area contributed by atoms with Gasteiger partial charge in [0.2, 0.25) is 0 Å². The van der Waals surface area contributed by atoms with E-state index >= 15 is 0 Å². The maximum absolute atomic E-state index is 11.8. The molecule has 0 saturated carbocycles. The van der Waals surface area contributed by atoms with Crippen LogP contribution in [0.15, 0.2) is 47.1 Å². The maximum atomic E-state index is 11.8. The lowest BCUT2D eigenvalue weighted by molar-refractivity contribution is 0.0925. The average Bonchev–Trinajstić information content (AvgIpc) is 3.36. The zero-order chi connectivity index (χ0) is 19.6. The lowest BCUT2D eigenvalue weighted by atomic mass is 10.1. The maximum Gasteiger partial charge on any atom is 0.286 e. The molecule has 2 aromatic heterocycles. The largest absolute Gasteiger partial charge is 0.459 e. The topological polar surface area (TPSA) is 60.1 Å². The normalized spacial score (nSPS) is 11.2. The summed E-state index contributed by atoms with van der Waals surface area (Å²) in [6.07, 6.45) is 10.6. The number of benzene rings is 1. The van der Waals surface area contributed by atoms with Gasteiger partial charge in [-0.1, -0.05) is 44.7 Å². The Morgan fingerprint density at radius 1 is 1.04 bits per heavy atom. The monoisotopic (exact) mass is 381 g/mol. The van der Waals surface area contributed by atoms with Crippen LogP contribution in [0.2, 0.25) is 0 Å². The predicted molar refractivity (Wildman–Crippen MR) is 112 cm³/mol. The molecule has 5 nitrogen and oxygen atoms in total. The number of aryl methyl sites for hydroxylation is 2. The Kier molecular flexibility index (Phi) is 7.71. The van der Waals surface area contributed by atoms with Gasteiger partial charge >= 0.3 is 0 Å². The van der Waals surface area contributed by atoms with Gasteiger partial charge < -0.3 is 14.3 Å². The summed E-state index contributed by atoms with van der Waals surface area (Å²) in [4.78, 5) is 16.7. The molecule has 0 atom stereocenters. The highest BCUT2D eigenvalue weighted by Gasteiger charge is 2.10. The Hall–Kier alpha value is -2.56. The number of fused-ring (bicyclic) bond motifs is 1. The Morgan fingerprint density at radius 3 is 2.71 bits per heavy atom. The van der Waals surface area contributed by atoms with E-state index in [0.29, 0.717) is 12.3 Å². The van der Waals surface area contributed by atoms with E-state index in [1.807, 2.05) is 0 Å². The van der Waals surface area contributed by atoms with Crippen molar-refractivity contribution in [2.45, 2.75) is 64.8 Å². The van der Waals surface area contributed by atoms with E-state index in [1.165, 1.54) is 43.3 Å². The molecule has 0 fully saturated rings. The summed E-state index contributed by atoms with van der Waals surface area (Å²) in [6.45, 7) is 3.97. The number of para-hydroxylation sites is 2. The van der Waals surface area contributed by atoms with Gasteiger partial charge in [0.1, 0.15) is 5.82 Å². The standard InChI is InChI=1S/C23H31N3O2/c1-2-3-4-10-17-26-20-13-8-7-12-19(20)25-22(26)15-6-5-9-16-24-23(27)21-14-11-18-28-21/h7-8,11-14,18H,2-6,9-10,15-17H2,1H3,(H,24,27). The zero-order valence-corrected chi connectivity index (χ0v) is 16.8. The summed E-state index contributed by atoms with van der Waals surface area (Å²) < 4.78 is 7.50. The molecule has 0 radical (unpaired) electrons. The van der Waals surface area contributed by atoms with Gasteiger partial charge in [0.25, 0.3) is 5.91 Å². The van der Waals surface area contributed by atoms with Gasteiger partial charge in [0, 0.05) is 19.5 Å². The summed E-state index contributed by atoms with van der Waals surface area (Å²) in [5, 5.41) is 2.90. The highest BCUT2D eigenvalue weighted by molar-refractivity contribution is 5.91. The molecule has 0 saturated heterocycles. The average molecular weight is 382 g/mol. The molecule has 5 heteroatoms. The number of carbonyl (C=O) groups excluding carboxylic acids is 1. The van der Waals surface area contributed by atoms with Crippen molar-refractivity contribution in [3.05, 3.63) is 54.2 Å². The fourth-order valence-corrected chi connectivity index (χ4v) is 3.54. The van der Waals surface area contributed by atoms with Crippen LogP contribution < -0.4 is 5.32 Å². The van der Waals surface area contributed by atoms with Crippen LogP contribution in [0, 0.1) is 0 Å². The summed E-state index contributed by atoms with van der Waals surface area (Å²) >= 11 is 0. The van der Waals surface area contributed by atoms with Gasteiger partial charge in [0.15, 0.2) is 5.76 Å². The number of nitrogens with one attached hydrogen (secondary N) is 1. The summed E-state index contributed by atoms with van der Waals surface area (Å²) in [7, 11) is 0. The molecule has 1 amide bonds. The van der Waals surface area contributed by atoms with Crippen molar-refractivity contribution in [2.24, 2.45) is 0 Å². The van der Waals surface area contributed by atoms with Gasteiger partial charge in [-0.05, 0) is 43.5 Å². The molecular weight excluding hydrogens is 350 g/mol. The first-order valence-corrected chi connectivity index (χ1v) is 10.6. The molecule has 0 aliphatic carbocycles. The van der Waals surface area contributed by atoms with Crippen LogP contribution in [0.1, 0.15) is 68.2 Å². The van der Waals surface area contributed by atoms with Crippen molar-refractivity contribution in [1.82, 2.24) is 14.9 Å². The van der Waals surface area contributed by atoms with E-state index in [-0.39, 0.29) is 5.91 Å². The number of amides is 1. The van der Waals surface area contributed by atoms with E-state index in [0.717, 1.165) is 37.7 Å². The molecule has 1 aromatic carbocycles. The molecule has 28 heavy (non-hydrogen) atoms. The van der Waals surface area contributed by atoms with Crippen molar-refractivity contribution in [2.75, 3.05) is 6.54 Å². The number of imidazole rings is 1. The molecule has 3 aromatic rings. The number of rotatable bonds is 12. The van der Waals surface area contributed by atoms with E-state index in [9.17, 15) is 4.79 Å². The van der Waals surface area contributed by atoms with Crippen molar-refractivity contribution < 1.29 is 9.21 Å². The highest BCUT2D eigenvalue weighted by Crippen LogP contribution is 2.19. The predicted octanol–water partition coefficient (Wildman–Crippen LogP) is 5.35. The Morgan fingerprint density at radius 2 is 1.89 bits per heavy atom. The number of carbonyl (C=O) groups is 1. The smallest absolute Gasteiger partial charge is 0.286 e. The molecule has 0 aliphatic rings. The van der Waals surface area contributed by atoms with E-state index < -0.39 is 0 Å². The van der Waals surface area contributed by atoms with Crippen LogP contribution in [-0.2, 0) is 13.0 Å². The van der Waals surface area contributed by atoms with Gasteiger partial charge in [-0.25, -0.2) is 4.98 Å². The molecule has 2 heterocycles. The molecule has 1 N–H and O–H groups in total. The lowest BCUT2D eigenvalue weighted by Gasteiger charge is -2.09. The number of unbranched alkanes of at least 4 members (excludes halogenated alkanes) is 5. The first-order valence-electron chi connectivity index (χ1n) is 10.6. The second-order valence-corrected chi connectivity index (χ2v) is 7.27. The van der Waals surface area contributed by atoms with Crippen molar-refractivity contribution in [3.8, 4) is 0 Å². The minimum atomic E-state index is -0.140. The van der Waals surface area contributed by atoms with Crippen LogP contribution in [0.3, 0.4) is 0 Å². The first-order chi connectivity index (χ1) is 13.8. The quantitative estimate of drug-likeness (QED) is 0.430. The number of nitrogens with zero attached hydrogens (tertiary/aromatic N) is 2. The van der Waals surface area contributed by atoms with Crippen LogP contribution >= 0.6 is 0 Å². The Bertz CT molecular complexity index is 852. The van der Waals surface area contributed by atoms with Gasteiger partial charge in [-0.15, -0.1) is 0 Å². The SMILES string of the molecule is CCCCCCn1c(CCCCCNC(=O)c2ccco2)nc2ccccc21. The van der Waals surface area contributed by atoms with Crippen LogP contribution in [-0.4, -0.2) is 22.0 Å². The third-order valence-corrected chi connectivity index (χ3v) is 5.08. The summed E-state index contributed by atoms with van der Waals surface area (Å²) in [6, 6.07) is 11.8. The second-order valence-electron chi connectivity index (χ2n) is 7.27. The first kappa shape index (κ1) is 20.2. The van der Waals surface area contributed by atoms with Crippen LogP contribution in [0.25, 0.3) is 11.0 Å². The third-order valence-electron chi connectivity index (χ3n) is 5.08. The fourth-order valence-electron chi connectivity index (χ4n) is 3.54. The molecule has 3 rings (SSSR count). The van der Waals surface area contributed by atoms with Crippen molar-refractivity contribution in [1.29, 1.82) is 0 Å². The minimum absolute atomic E-state index is 0.140. The molecule has 0 aliphatic heterocycles. The van der Waals surface area contributed by atoms with Crippen molar-refractivity contribution in [3.63, 3.8) is 0 Å². The van der Waals surface area contributed by atoms with E-state index in [4.69, 9.17) is 9.40 Å². The van der Waals surface area contributed by atoms with Crippen LogP contribution in [0.4, 0.5) is 0 Å². The number of hydrogen-bond donors (Lipinski definition) is 1. The molecule has 150 valence electrons. The lowest BCUT2D eigenvalue weighted by Crippen LogP contribution is -2.23. The zero-order valence-electron chi connectivity index (χ0n) is 16.8. The van der Waals surface area contributed by atoms with Gasteiger partial charge in [-0.2, -0.15) is 0 Å². The number of furan rings is 1. The van der Waals surface area contributed by atoms with Gasteiger partial charge in [-0.3, -0.25) is 4.79 Å². The molecule has 0 bridgehead atoms. The fraction of sp³-hybridized carbons (Fsp3) is 0.478. The minimum Gasteiger partial charge on any atom is -0.459 e.